The summed E-state index contributed by atoms with van der Waals surface area (Å²) in [4.78, 5) is 15.6. The Morgan fingerprint density at radius 1 is 0.415 bits per heavy atom. The Morgan fingerprint density at radius 3 is 1.62 bits per heavy atom. The Balaban J connectivity index is 1.01. The molecule has 12 rings (SSSR count). The number of terminal acetylenes is 1. The van der Waals surface area contributed by atoms with Gasteiger partial charge in [-0.2, -0.15) is 9.97 Å². The fourth-order valence-corrected chi connectivity index (χ4v) is 9.43. The molecule has 0 aliphatic rings. The van der Waals surface area contributed by atoms with E-state index in [4.69, 9.17) is 21.4 Å². The molecule has 304 valence electrons. The molecule has 0 saturated carbocycles. The molecule has 5 nitrogen and oxygen atoms in total. The molecule has 0 saturated heterocycles. The number of aromatic nitrogens is 5. The van der Waals surface area contributed by atoms with E-state index in [-0.39, 0.29) is 0 Å². The van der Waals surface area contributed by atoms with E-state index >= 15 is 0 Å². The minimum Gasteiger partial charge on any atom is -0.309 e. The Kier molecular flexibility index (Phi) is 9.03. The van der Waals surface area contributed by atoms with Crippen LogP contribution in [0.4, 0.5) is 0 Å². The summed E-state index contributed by atoms with van der Waals surface area (Å²) < 4.78 is 4.54. The highest BCUT2D eigenvalue weighted by atomic mass is 15.2. The zero-order valence-corrected chi connectivity index (χ0v) is 35.5. The third kappa shape index (κ3) is 6.47. The molecule has 0 radical (unpaired) electrons. The molecule has 0 N–H and O–H groups in total. The highest BCUT2D eigenvalue weighted by Gasteiger charge is 2.20. The number of nitrogens with zero attached hydrogens (tertiary/aromatic N) is 5. The van der Waals surface area contributed by atoms with Gasteiger partial charge in [-0.05, 0) is 106 Å². The van der Waals surface area contributed by atoms with Gasteiger partial charge in [0.1, 0.15) is 0 Å². The van der Waals surface area contributed by atoms with E-state index in [0.29, 0.717) is 17.6 Å². The fraction of sp³-hybridized carbons (Fsp3) is 0.0167. The van der Waals surface area contributed by atoms with Crippen molar-refractivity contribution >= 4 is 60.5 Å². The number of para-hydroxylation sites is 2. The summed E-state index contributed by atoms with van der Waals surface area (Å²) >= 11 is 0. The van der Waals surface area contributed by atoms with Gasteiger partial charge in [0.15, 0.2) is 11.6 Å². The lowest BCUT2D eigenvalue weighted by Crippen LogP contribution is -2.06. The van der Waals surface area contributed by atoms with E-state index < -0.39 is 0 Å². The summed E-state index contributed by atoms with van der Waals surface area (Å²) in [6, 6.07) is 70.9. The van der Waals surface area contributed by atoms with E-state index in [1.54, 1.807) is 0 Å². The first-order chi connectivity index (χ1) is 32.1. The monoisotopic (exact) mass is 829 g/mol. The van der Waals surface area contributed by atoms with Crippen LogP contribution in [0, 0.1) is 12.3 Å². The van der Waals surface area contributed by atoms with Crippen LogP contribution in [0.5, 0.6) is 0 Å². The second-order valence-corrected chi connectivity index (χ2v) is 16.4. The number of benzene rings is 9. The van der Waals surface area contributed by atoms with Gasteiger partial charge in [0, 0.05) is 43.9 Å². The van der Waals surface area contributed by atoms with Gasteiger partial charge < -0.3 is 4.57 Å². The lowest BCUT2D eigenvalue weighted by atomic mass is 10.0. The van der Waals surface area contributed by atoms with Crippen molar-refractivity contribution in [3.63, 3.8) is 0 Å². The van der Waals surface area contributed by atoms with Crippen LogP contribution in [-0.4, -0.2) is 24.1 Å². The predicted octanol–water partition coefficient (Wildman–Crippen LogP) is 14.9. The first kappa shape index (κ1) is 37.9. The van der Waals surface area contributed by atoms with Gasteiger partial charge in [-0.3, -0.25) is 4.57 Å². The van der Waals surface area contributed by atoms with Gasteiger partial charge in [-0.15, -0.1) is 6.42 Å². The van der Waals surface area contributed by atoms with Gasteiger partial charge >= 0.3 is 0 Å². The van der Waals surface area contributed by atoms with Crippen LogP contribution < -0.4 is 0 Å². The van der Waals surface area contributed by atoms with E-state index in [2.05, 4.69) is 197 Å². The molecule has 9 aromatic carbocycles. The number of hydrogen-bond donors (Lipinski definition) is 0. The molecule has 0 spiro atoms. The van der Waals surface area contributed by atoms with Crippen LogP contribution in [0.15, 0.2) is 206 Å². The van der Waals surface area contributed by atoms with E-state index in [1.807, 2.05) is 37.3 Å². The molecular weight excluding hydrogens is 791 g/mol. The molecule has 0 aliphatic heterocycles. The molecular formula is C60H39N5. The third-order valence-corrected chi connectivity index (χ3v) is 12.6. The van der Waals surface area contributed by atoms with Gasteiger partial charge in [0.05, 0.1) is 22.1 Å². The van der Waals surface area contributed by atoms with Crippen LogP contribution in [0.1, 0.15) is 18.1 Å². The van der Waals surface area contributed by atoms with Gasteiger partial charge in [0.25, 0.3) is 0 Å². The summed E-state index contributed by atoms with van der Waals surface area (Å²) in [7, 11) is 0. The minimum absolute atomic E-state index is 0.530. The predicted molar refractivity (Wildman–Crippen MR) is 270 cm³/mol. The SMILES string of the molecule is C#Cc1cc(-c2nc(-c3ccc4ccccc4c3)nc(-n3c4ccccc4c4cc(-c5ccc6c(c5)c5ccccc5n6-c5ccc(-c6ccccc6)cc5)ccc43)n2)ccc1/C=C\C. The smallest absolute Gasteiger partial charge is 0.238 e. The molecule has 0 bridgehead atoms. The van der Waals surface area contributed by atoms with Gasteiger partial charge in [-0.25, -0.2) is 4.98 Å². The number of rotatable bonds is 7. The van der Waals surface area contributed by atoms with Crippen molar-refractivity contribution in [3.8, 4) is 69.0 Å². The third-order valence-electron chi connectivity index (χ3n) is 12.6. The first-order valence-electron chi connectivity index (χ1n) is 21.8. The Labute approximate surface area is 376 Å². The average Bonchev–Trinajstić information content (AvgIpc) is 3.89. The Hall–Kier alpha value is -8.85. The average molecular weight is 830 g/mol. The van der Waals surface area contributed by atoms with Crippen LogP contribution in [0.3, 0.4) is 0 Å². The van der Waals surface area contributed by atoms with Crippen LogP contribution in [0.25, 0.3) is 117 Å². The van der Waals surface area contributed by atoms with Crippen LogP contribution in [-0.2, 0) is 0 Å². The lowest BCUT2D eigenvalue weighted by Gasteiger charge is -2.12. The maximum atomic E-state index is 6.04. The molecule has 5 heteroatoms. The fourth-order valence-electron chi connectivity index (χ4n) is 9.43. The molecule has 0 fully saturated rings. The van der Waals surface area contributed by atoms with Crippen LogP contribution in [0.2, 0.25) is 0 Å². The molecule has 0 atom stereocenters. The van der Waals surface area contributed by atoms with Crippen molar-refractivity contribution < 1.29 is 0 Å². The summed E-state index contributed by atoms with van der Waals surface area (Å²) in [6.07, 6.45) is 10.1. The molecule has 0 unspecified atom stereocenters. The van der Waals surface area contributed by atoms with Crippen molar-refractivity contribution in [2.24, 2.45) is 0 Å². The molecule has 0 amide bonds. The van der Waals surface area contributed by atoms with E-state index in [1.165, 1.54) is 32.9 Å². The van der Waals surface area contributed by atoms with Crippen molar-refractivity contribution in [1.29, 1.82) is 0 Å². The molecule has 3 heterocycles. The Morgan fingerprint density at radius 2 is 0.938 bits per heavy atom. The minimum atomic E-state index is 0.530. The summed E-state index contributed by atoms with van der Waals surface area (Å²) in [5.74, 6) is 4.53. The highest BCUT2D eigenvalue weighted by molar-refractivity contribution is 6.12. The largest absolute Gasteiger partial charge is 0.309 e. The van der Waals surface area contributed by atoms with E-state index in [0.717, 1.165) is 71.6 Å². The normalized spacial score (nSPS) is 11.7. The highest BCUT2D eigenvalue weighted by Crippen LogP contribution is 2.39. The maximum absolute atomic E-state index is 6.04. The van der Waals surface area contributed by atoms with Crippen molar-refractivity contribution in [3.05, 3.63) is 217 Å². The molecule has 65 heavy (non-hydrogen) atoms. The maximum Gasteiger partial charge on any atom is 0.238 e. The van der Waals surface area contributed by atoms with Crippen LogP contribution >= 0.6 is 0 Å². The van der Waals surface area contributed by atoms with Gasteiger partial charge in [0.2, 0.25) is 5.95 Å². The number of hydrogen-bond acceptors (Lipinski definition) is 3. The second-order valence-electron chi connectivity index (χ2n) is 16.4. The summed E-state index contributed by atoms with van der Waals surface area (Å²) in [5, 5.41) is 6.91. The van der Waals surface area contributed by atoms with Crippen molar-refractivity contribution in [2.75, 3.05) is 0 Å². The lowest BCUT2D eigenvalue weighted by molar-refractivity contribution is 0.953. The number of allylic oxidation sites excluding steroid dienone is 1. The topological polar surface area (TPSA) is 48.5 Å². The Bertz CT molecular complexity index is 3900. The second kappa shape index (κ2) is 15.5. The number of fused-ring (bicyclic) bond motifs is 7. The molecule has 12 aromatic rings. The first-order valence-corrected chi connectivity index (χ1v) is 21.8. The van der Waals surface area contributed by atoms with E-state index in [9.17, 15) is 0 Å². The zero-order valence-electron chi connectivity index (χ0n) is 35.5. The standard InChI is InChI=1S/C60H39N5/c1-3-14-40-23-25-47(35-39(40)4-2)58-61-59(48-26-24-42-17-8-9-18-44(42)36-48)63-60(62-58)65-55-22-13-11-20-51(55)53-38-46(30-34-57(53)65)45-29-33-56-52(37-45)50-19-10-12-21-54(50)64(56)49-31-27-43(28-32-49)41-15-6-5-7-16-41/h2-3,5-38H,1H3/b14-3-. The molecule has 0 aliphatic carbocycles. The molecule has 3 aromatic heterocycles. The van der Waals surface area contributed by atoms with Gasteiger partial charge in [-0.1, -0.05) is 158 Å². The quantitative estimate of drug-likeness (QED) is 0.150. The summed E-state index contributed by atoms with van der Waals surface area (Å²) in [5.41, 5.74) is 13.6. The zero-order chi connectivity index (χ0) is 43.4. The van der Waals surface area contributed by atoms with Crippen molar-refractivity contribution in [2.45, 2.75) is 6.92 Å². The van der Waals surface area contributed by atoms with Crippen molar-refractivity contribution in [1.82, 2.24) is 24.1 Å². The summed E-state index contributed by atoms with van der Waals surface area (Å²) in [6.45, 7) is 1.99.